The van der Waals surface area contributed by atoms with Crippen LogP contribution in [-0.2, 0) is 31.9 Å². The SMILES string of the molecule is CC(C)NS(=O)(=O)Cc1ccc(CNC(=O)CN2C(=O)N[C@@]3(CCCC[C@@H]3C)C2=O)cc1. The molecular weight excluding hydrogens is 432 g/mol. The zero-order valence-corrected chi connectivity index (χ0v) is 19.6. The molecule has 1 heterocycles. The normalized spacial score (nSPS) is 23.6. The molecule has 32 heavy (non-hydrogen) atoms. The number of nitrogens with one attached hydrogen (secondary N) is 3. The Morgan fingerprint density at radius 3 is 2.47 bits per heavy atom. The quantitative estimate of drug-likeness (QED) is 0.505. The van der Waals surface area contributed by atoms with Crippen molar-refractivity contribution >= 4 is 27.9 Å². The van der Waals surface area contributed by atoms with Gasteiger partial charge in [-0.15, -0.1) is 0 Å². The van der Waals surface area contributed by atoms with Gasteiger partial charge in [-0.2, -0.15) is 0 Å². The first-order valence-corrected chi connectivity index (χ1v) is 12.7. The highest BCUT2D eigenvalue weighted by Gasteiger charge is 2.55. The second-order valence-corrected chi connectivity index (χ2v) is 10.8. The lowest BCUT2D eigenvalue weighted by molar-refractivity contribution is -0.137. The maximum Gasteiger partial charge on any atom is 0.325 e. The summed E-state index contributed by atoms with van der Waals surface area (Å²) in [4.78, 5) is 38.7. The minimum Gasteiger partial charge on any atom is -0.350 e. The van der Waals surface area contributed by atoms with E-state index in [4.69, 9.17) is 0 Å². The van der Waals surface area contributed by atoms with Gasteiger partial charge in [0, 0.05) is 12.6 Å². The van der Waals surface area contributed by atoms with E-state index in [1.54, 1.807) is 38.1 Å². The van der Waals surface area contributed by atoms with Crippen molar-refractivity contribution in [2.45, 2.75) is 70.3 Å². The molecule has 176 valence electrons. The first-order valence-electron chi connectivity index (χ1n) is 11.0. The van der Waals surface area contributed by atoms with Crippen LogP contribution in [-0.4, -0.2) is 49.3 Å². The van der Waals surface area contributed by atoms with E-state index in [1.807, 2.05) is 6.92 Å². The largest absolute Gasteiger partial charge is 0.350 e. The summed E-state index contributed by atoms with van der Waals surface area (Å²) in [6.07, 6.45) is 3.38. The van der Waals surface area contributed by atoms with Crippen LogP contribution in [0.5, 0.6) is 0 Å². The molecule has 1 saturated carbocycles. The van der Waals surface area contributed by atoms with Gasteiger partial charge in [-0.1, -0.05) is 44.0 Å². The molecule has 10 heteroatoms. The third-order valence-electron chi connectivity index (χ3n) is 6.09. The molecule has 4 amide bonds. The number of rotatable bonds is 8. The Kier molecular flexibility index (Phi) is 7.24. The average molecular weight is 465 g/mol. The maximum atomic E-state index is 12.9. The Bertz CT molecular complexity index is 977. The fourth-order valence-corrected chi connectivity index (χ4v) is 5.85. The van der Waals surface area contributed by atoms with Gasteiger partial charge in [0.15, 0.2) is 0 Å². The van der Waals surface area contributed by atoms with Gasteiger partial charge < -0.3 is 10.6 Å². The monoisotopic (exact) mass is 464 g/mol. The van der Waals surface area contributed by atoms with Crippen LogP contribution in [0.4, 0.5) is 4.79 Å². The van der Waals surface area contributed by atoms with Crippen LogP contribution in [0.1, 0.15) is 57.6 Å². The van der Waals surface area contributed by atoms with Crippen molar-refractivity contribution in [3.63, 3.8) is 0 Å². The number of hydrogen-bond acceptors (Lipinski definition) is 5. The molecule has 3 rings (SSSR count). The van der Waals surface area contributed by atoms with E-state index in [-0.39, 0.29) is 36.7 Å². The molecule has 0 bridgehead atoms. The van der Waals surface area contributed by atoms with Gasteiger partial charge in [0.1, 0.15) is 12.1 Å². The molecule has 1 aromatic rings. The van der Waals surface area contributed by atoms with Gasteiger partial charge in [0.25, 0.3) is 5.91 Å². The Balaban J connectivity index is 1.53. The molecule has 2 fully saturated rings. The van der Waals surface area contributed by atoms with Crippen molar-refractivity contribution in [3.05, 3.63) is 35.4 Å². The lowest BCUT2D eigenvalue weighted by atomic mass is 9.73. The summed E-state index contributed by atoms with van der Waals surface area (Å²) in [6, 6.07) is 6.20. The van der Waals surface area contributed by atoms with Crippen molar-refractivity contribution in [1.29, 1.82) is 0 Å². The zero-order chi connectivity index (χ0) is 23.5. The molecule has 3 N–H and O–H groups in total. The number of amides is 4. The van der Waals surface area contributed by atoms with Gasteiger partial charge in [0.2, 0.25) is 15.9 Å². The summed E-state index contributed by atoms with van der Waals surface area (Å²) in [5, 5.41) is 5.56. The lowest BCUT2D eigenvalue weighted by Gasteiger charge is -2.36. The molecule has 1 saturated heterocycles. The van der Waals surface area contributed by atoms with Gasteiger partial charge in [-0.3, -0.25) is 14.5 Å². The molecule has 0 unspecified atom stereocenters. The van der Waals surface area contributed by atoms with Crippen molar-refractivity contribution in [1.82, 2.24) is 20.3 Å². The van der Waals surface area contributed by atoms with Crippen molar-refractivity contribution in [2.75, 3.05) is 6.54 Å². The Morgan fingerprint density at radius 1 is 1.19 bits per heavy atom. The number of imide groups is 1. The van der Waals surface area contributed by atoms with Gasteiger partial charge in [0.05, 0.1) is 5.75 Å². The highest BCUT2D eigenvalue weighted by atomic mass is 32.2. The molecule has 1 aliphatic carbocycles. The molecule has 1 aromatic carbocycles. The van der Waals surface area contributed by atoms with Crippen LogP contribution in [0.2, 0.25) is 0 Å². The zero-order valence-electron chi connectivity index (χ0n) is 18.8. The fraction of sp³-hybridized carbons (Fsp3) is 0.591. The molecule has 9 nitrogen and oxygen atoms in total. The van der Waals surface area contributed by atoms with Crippen molar-refractivity contribution in [3.8, 4) is 0 Å². The van der Waals surface area contributed by atoms with Crippen molar-refractivity contribution < 1.29 is 22.8 Å². The number of carbonyl (C=O) groups excluding carboxylic acids is 3. The Hall–Kier alpha value is -2.46. The van der Waals surface area contributed by atoms with E-state index in [2.05, 4.69) is 15.4 Å². The standard InChI is InChI=1S/C22H32N4O5S/c1-15(2)25-32(30,31)14-18-9-7-17(8-10-18)12-23-19(27)13-26-20(28)22(24-21(26)29)11-5-4-6-16(22)3/h7-10,15-16,25H,4-6,11-14H2,1-3H3,(H,23,27)(H,24,29)/t16-,22+/m0/s1. The predicted molar refractivity (Wildman–Crippen MR) is 120 cm³/mol. The number of nitrogens with zero attached hydrogens (tertiary/aromatic N) is 1. The van der Waals surface area contributed by atoms with Crippen molar-refractivity contribution in [2.24, 2.45) is 5.92 Å². The molecule has 0 radical (unpaired) electrons. The third-order valence-corrected chi connectivity index (χ3v) is 7.63. The first-order chi connectivity index (χ1) is 15.0. The molecule has 2 aliphatic rings. The number of hydrogen-bond donors (Lipinski definition) is 3. The minimum atomic E-state index is -3.41. The van der Waals surface area contributed by atoms with Gasteiger partial charge in [-0.25, -0.2) is 17.9 Å². The number of sulfonamides is 1. The topological polar surface area (TPSA) is 125 Å². The summed E-state index contributed by atoms with van der Waals surface area (Å²) in [5.41, 5.74) is 0.543. The molecule has 2 atom stereocenters. The minimum absolute atomic E-state index is 0.0406. The third kappa shape index (κ3) is 5.47. The van der Waals surface area contributed by atoms with E-state index in [0.717, 1.165) is 29.7 Å². The van der Waals surface area contributed by atoms with E-state index >= 15 is 0 Å². The predicted octanol–water partition coefficient (Wildman–Crippen LogP) is 1.63. The summed E-state index contributed by atoms with van der Waals surface area (Å²) in [5.74, 6) is -0.824. The summed E-state index contributed by atoms with van der Waals surface area (Å²) < 4.78 is 26.6. The number of urea groups is 1. The van der Waals surface area contributed by atoms with Crippen LogP contribution in [0.3, 0.4) is 0 Å². The number of benzene rings is 1. The lowest BCUT2D eigenvalue weighted by Crippen LogP contribution is -2.54. The molecule has 0 aromatic heterocycles. The van der Waals surface area contributed by atoms with E-state index in [0.29, 0.717) is 12.0 Å². The van der Waals surface area contributed by atoms with E-state index in [1.165, 1.54) is 0 Å². The van der Waals surface area contributed by atoms with Crippen LogP contribution in [0.15, 0.2) is 24.3 Å². The van der Waals surface area contributed by atoms with Crippen LogP contribution >= 0.6 is 0 Å². The summed E-state index contributed by atoms with van der Waals surface area (Å²) in [6.45, 7) is 5.38. The average Bonchev–Trinajstić information content (AvgIpc) is 2.93. The fourth-order valence-electron chi connectivity index (χ4n) is 4.41. The molecule has 1 spiro atoms. The van der Waals surface area contributed by atoms with Gasteiger partial charge in [-0.05, 0) is 43.7 Å². The second-order valence-electron chi connectivity index (χ2n) is 9.06. The Morgan fingerprint density at radius 2 is 1.84 bits per heavy atom. The van der Waals surface area contributed by atoms with Crippen LogP contribution in [0.25, 0.3) is 0 Å². The summed E-state index contributed by atoms with van der Waals surface area (Å²) in [7, 11) is -3.41. The van der Waals surface area contributed by atoms with E-state index < -0.39 is 27.5 Å². The number of carbonyl (C=O) groups is 3. The van der Waals surface area contributed by atoms with Gasteiger partial charge >= 0.3 is 6.03 Å². The Labute approximate surface area is 189 Å². The first kappa shape index (κ1) is 24.2. The molecule has 1 aliphatic heterocycles. The van der Waals surface area contributed by atoms with Crippen LogP contribution < -0.4 is 15.4 Å². The smallest absolute Gasteiger partial charge is 0.325 e. The molecular formula is C22H32N4O5S. The maximum absolute atomic E-state index is 12.9. The highest BCUT2D eigenvalue weighted by molar-refractivity contribution is 7.88. The van der Waals surface area contributed by atoms with E-state index in [9.17, 15) is 22.8 Å². The van der Waals surface area contributed by atoms with Crippen LogP contribution in [0, 0.1) is 5.92 Å². The second kappa shape index (κ2) is 9.58. The summed E-state index contributed by atoms with van der Waals surface area (Å²) >= 11 is 0. The highest BCUT2D eigenvalue weighted by Crippen LogP contribution is 2.38.